The van der Waals surface area contributed by atoms with Crippen LogP contribution in [-0.4, -0.2) is 30.8 Å². The number of anilines is 1. The fourth-order valence-corrected chi connectivity index (χ4v) is 3.06. The van der Waals surface area contributed by atoms with E-state index in [4.69, 9.17) is 13.7 Å². The Morgan fingerprint density at radius 1 is 1.03 bits per heavy atom. The lowest BCUT2D eigenvalue weighted by atomic mass is 10.2. The summed E-state index contributed by atoms with van der Waals surface area (Å²) in [5.74, 6) is 2.01. The molecule has 0 bridgehead atoms. The van der Waals surface area contributed by atoms with Gasteiger partial charge in [0.15, 0.2) is 17.3 Å². The van der Waals surface area contributed by atoms with Gasteiger partial charge in [-0.1, -0.05) is 5.16 Å². The van der Waals surface area contributed by atoms with Crippen molar-refractivity contribution in [2.45, 2.75) is 13.8 Å². The fraction of sp³-hybridized carbons (Fsp3) is 0.0870. The minimum Gasteiger partial charge on any atom is -0.461 e. The predicted molar refractivity (Wildman–Crippen MR) is 117 cm³/mol. The van der Waals surface area contributed by atoms with E-state index in [1.54, 1.807) is 54.9 Å². The maximum absolute atomic E-state index is 12.4. The van der Waals surface area contributed by atoms with Crippen LogP contribution in [-0.2, 0) is 0 Å². The highest BCUT2D eigenvalue weighted by Crippen LogP contribution is 2.24. The van der Waals surface area contributed by atoms with Crippen molar-refractivity contribution in [1.29, 1.82) is 0 Å². The Balaban J connectivity index is 1.22. The van der Waals surface area contributed by atoms with Crippen LogP contribution in [0.4, 0.5) is 5.69 Å². The highest BCUT2D eigenvalue weighted by atomic mass is 16.5. The lowest BCUT2D eigenvalue weighted by molar-refractivity contribution is 0.101. The Bertz CT molecular complexity index is 1390. The topological polar surface area (TPSA) is 121 Å². The number of carbonyl (C=O) groups excluding carboxylic acids is 1. The number of imidazole rings is 1. The minimum atomic E-state index is -0.406. The summed E-state index contributed by atoms with van der Waals surface area (Å²) in [5.41, 5.74) is 2.65. The van der Waals surface area contributed by atoms with E-state index in [9.17, 15) is 4.79 Å². The molecule has 4 aromatic heterocycles. The molecule has 10 nitrogen and oxygen atoms in total. The molecule has 0 aliphatic carbocycles. The third-order valence-electron chi connectivity index (χ3n) is 4.97. The van der Waals surface area contributed by atoms with Crippen LogP contribution >= 0.6 is 0 Å². The predicted octanol–water partition coefficient (Wildman–Crippen LogP) is 4.57. The lowest BCUT2D eigenvalue weighted by Gasteiger charge is -2.08. The van der Waals surface area contributed by atoms with Gasteiger partial charge in [-0.05, 0) is 56.3 Å². The molecule has 0 radical (unpaired) electrons. The second-order valence-corrected chi connectivity index (χ2v) is 7.15. The molecule has 1 N–H and O–H groups in total. The number of hydrogen-bond donors (Lipinski definition) is 1. The number of nitrogens with zero attached hydrogens (tertiary/aromatic N) is 5. The Morgan fingerprint density at radius 2 is 1.88 bits per heavy atom. The van der Waals surface area contributed by atoms with Crippen molar-refractivity contribution in [1.82, 2.24) is 24.9 Å². The van der Waals surface area contributed by atoms with E-state index < -0.39 is 5.91 Å². The first kappa shape index (κ1) is 20.2. The summed E-state index contributed by atoms with van der Waals surface area (Å²) in [6.45, 7) is 3.90. The summed E-state index contributed by atoms with van der Waals surface area (Å²) >= 11 is 0. The number of ether oxygens (including phenoxy) is 1. The molecule has 4 heterocycles. The van der Waals surface area contributed by atoms with Crippen LogP contribution in [0.3, 0.4) is 0 Å². The molecule has 0 spiro atoms. The van der Waals surface area contributed by atoms with Crippen LogP contribution in [0, 0.1) is 13.8 Å². The summed E-state index contributed by atoms with van der Waals surface area (Å²) in [5, 5.41) is 14.9. The van der Waals surface area contributed by atoms with Gasteiger partial charge in [0.2, 0.25) is 11.6 Å². The number of nitrogens with one attached hydrogen (secondary N) is 1. The number of benzene rings is 1. The summed E-state index contributed by atoms with van der Waals surface area (Å²) in [6, 6.07) is 15.3. The van der Waals surface area contributed by atoms with Gasteiger partial charge in [-0.15, -0.1) is 10.2 Å². The molecule has 33 heavy (non-hydrogen) atoms. The van der Waals surface area contributed by atoms with Gasteiger partial charge in [0.05, 0.1) is 12.0 Å². The summed E-state index contributed by atoms with van der Waals surface area (Å²) in [6.07, 6.45) is 3.22. The van der Waals surface area contributed by atoms with E-state index in [0.717, 1.165) is 11.4 Å². The van der Waals surface area contributed by atoms with Gasteiger partial charge >= 0.3 is 0 Å². The molecular formula is C23H18N6O4. The maximum Gasteiger partial charge on any atom is 0.277 e. The number of aryl methyl sites for hydroxylation is 1. The first-order valence-corrected chi connectivity index (χ1v) is 10.0. The van der Waals surface area contributed by atoms with E-state index in [2.05, 4.69) is 25.7 Å². The van der Waals surface area contributed by atoms with Crippen molar-refractivity contribution in [2.24, 2.45) is 0 Å². The van der Waals surface area contributed by atoms with Crippen LogP contribution in [0.25, 0.3) is 17.3 Å². The van der Waals surface area contributed by atoms with Crippen LogP contribution in [0.15, 0.2) is 76.1 Å². The highest BCUT2D eigenvalue weighted by molar-refractivity contribution is 6.03. The quantitative estimate of drug-likeness (QED) is 0.406. The van der Waals surface area contributed by atoms with Gasteiger partial charge < -0.3 is 19.0 Å². The fourth-order valence-electron chi connectivity index (χ4n) is 3.06. The van der Waals surface area contributed by atoms with Gasteiger partial charge in [0.1, 0.15) is 12.1 Å². The normalized spacial score (nSPS) is 10.8. The van der Waals surface area contributed by atoms with Gasteiger partial charge in [-0.25, -0.2) is 4.98 Å². The number of rotatable bonds is 6. The molecule has 1 amide bonds. The Kier molecular flexibility index (Phi) is 5.15. The van der Waals surface area contributed by atoms with Crippen LogP contribution in [0.1, 0.15) is 21.9 Å². The Labute approximate surface area is 187 Å². The molecule has 5 rings (SSSR count). The van der Waals surface area contributed by atoms with Crippen molar-refractivity contribution in [2.75, 3.05) is 5.32 Å². The third-order valence-corrected chi connectivity index (χ3v) is 4.97. The van der Waals surface area contributed by atoms with Crippen molar-refractivity contribution in [3.05, 3.63) is 84.3 Å². The number of furan rings is 1. The van der Waals surface area contributed by atoms with E-state index in [1.807, 2.05) is 18.4 Å². The smallest absolute Gasteiger partial charge is 0.277 e. The van der Waals surface area contributed by atoms with Crippen molar-refractivity contribution >= 4 is 11.6 Å². The van der Waals surface area contributed by atoms with Gasteiger partial charge in [0.25, 0.3) is 5.91 Å². The molecule has 0 saturated carbocycles. The average Bonchev–Trinajstić information content (AvgIpc) is 3.58. The third kappa shape index (κ3) is 4.22. The van der Waals surface area contributed by atoms with E-state index in [0.29, 0.717) is 34.7 Å². The zero-order chi connectivity index (χ0) is 22.8. The minimum absolute atomic E-state index is 0.139. The second-order valence-electron chi connectivity index (χ2n) is 7.15. The van der Waals surface area contributed by atoms with Crippen molar-refractivity contribution in [3.63, 3.8) is 0 Å². The maximum atomic E-state index is 12.4. The summed E-state index contributed by atoms with van der Waals surface area (Å²) in [7, 11) is 0. The van der Waals surface area contributed by atoms with Gasteiger partial charge in [-0.2, -0.15) is 0 Å². The number of amides is 1. The summed E-state index contributed by atoms with van der Waals surface area (Å²) in [4.78, 5) is 16.7. The lowest BCUT2D eigenvalue weighted by Crippen LogP contribution is -2.11. The largest absolute Gasteiger partial charge is 0.461 e. The molecule has 0 fully saturated rings. The average molecular weight is 442 g/mol. The van der Waals surface area contributed by atoms with Gasteiger partial charge in [-0.3, -0.25) is 9.36 Å². The summed E-state index contributed by atoms with van der Waals surface area (Å²) < 4.78 is 18.0. The number of carbonyl (C=O) groups is 1. The van der Waals surface area contributed by atoms with E-state index >= 15 is 0 Å². The second kappa shape index (κ2) is 8.42. The van der Waals surface area contributed by atoms with E-state index in [-0.39, 0.29) is 5.69 Å². The number of aromatic nitrogens is 5. The molecule has 0 atom stereocenters. The number of hydrogen-bond acceptors (Lipinski definition) is 8. The van der Waals surface area contributed by atoms with Gasteiger partial charge in [0, 0.05) is 23.5 Å². The molecule has 10 heteroatoms. The first-order valence-electron chi connectivity index (χ1n) is 10.0. The Morgan fingerprint density at radius 3 is 2.55 bits per heavy atom. The zero-order valence-electron chi connectivity index (χ0n) is 17.7. The molecular weight excluding hydrogens is 424 g/mol. The SMILES string of the molecule is Cc1ncn(-c2ccc(Oc3ccc(NC(=O)c4cc(-c5ccco5)on4)cc3)nn2)c1C. The molecule has 0 aliphatic rings. The van der Waals surface area contributed by atoms with Crippen LogP contribution in [0.5, 0.6) is 11.6 Å². The molecule has 0 aliphatic heterocycles. The highest BCUT2D eigenvalue weighted by Gasteiger charge is 2.15. The molecule has 5 aromatic rings. The van der Waals surface area contributed by atoms with Crippen molar-refractivity contribution < 1.29 is 18.5 Å². The standard InChI is InChI=1S/C23H18N6O4/c1-14-15(2)29(13-24-14)21-9-10-22(27-26-21)32-17-7-5-16(6-8-17)25-23(30)18-12-20(33-28-18)19-4-3-11-31-19/h3-13H,1-2H3,(H,25,30). The first-order chi connectivity index (χ1) is 16.1. The molecule has 0 saturated heterocycles. The van der Waals surface area contributed by atoms with Crippen LogP contribution in [0.2, 0.25) is 0 Å². The monoisotopic (exact) mass is 442 g/mol. The van der Waals surface area contributed by atoms with Crippen LogP contribution < -0.4 is 10.1 Å². The molecule has 164 valence electrons. The Hall–Kier alpha value is -4.73. The van der Waals surface area contributed by atoms with Crippen molar-refractivity contribution in [3.8, 4) is 29.0 Å². The zero-order valence-corrected chi connectivity index (χ0v) is 17.7. The molecule has 0 unspecified atom stereocenters. The van der Waals surface area contributed by atoms with E-state index in [1.165, 1.54) is 12.3 Å². The molecule has 1 aromatic carbocycles.